The molecule has 0 unspecified atom stereocenters. The van der Waals surface area contributed by atoms with Gasteiger partial charge in [0, 0.05) is 11.5 Å². The van der Waals surface area contributed by atoms with Crippen LogP contribution in [0.4, 0.5) is 5.82 Å². The van der Waals surface area contributed by atoms with Crippen molar-refractivity contribution in [2.24, 2.45) is 0 Å². The summed E-state index contributed by atoms with van der Waals surface area (Å²) in [7, 11) is 1.53. The van der Waals surface area contributed by atoms with Crippen molar-refractivity contribution in [2.75, 3.05) is 12.4 Å². The highest BCUT2D eigenvalue weighted by atomic mass is 16.5. The van der Waals surface area contributed by atoms with E-state index in [-0.39, 0.29) is 11.6 Å². The first-order valence-electron chi connectivity index (χ1n) is 6.36. The van der Waals surface area contributed by atoms with Crippen LogP contribution < -0.4 is 10.1 Å². The topological polar surface area (TPSA) is 77.2 Å². The van der Waals surface area contributed by atoms with E-state index in [9.17, 15) is 4.79 Å². The van der Waals surface area contributed by atoms with E-state index in [1.165, 1.54) is 7.11 Å². The predicted molar refractivity (Wildman–Crippen MR) is 77.5 cm³/mol. The van der Waals surface area contributed by atoms with Crippen molar-refractivity contribution in [3.63, 3.8) is 0 Å². The SMILES string of the molecule is COc1nc(C(=O)Nc2cc(C)on2)cc2ccccc12. The standard InChI is InChI=1S/C15H13N3O3/c1-9-7-13(18-21-9)17-14(19)12-8-10-5-3-4-6-11(10)15(16-12)20-2/h3-8H,1-2H3,(H,17,18,19). The van der Waals surface area contributed by atoms with Gasteiger partial charge in [-0.05, 0) is 24.4 Å². The minimum atomic E-state index is -0.368. The number of ether oxygens (including phenoxy) is 1. The normalized spacial score (nSPS) is 10.6. The van der Waals surface area contributed by atoms with Gasteiger partial charge in [-0.3, -0.25) is 4.79 Å². The van der Waals surface area contributed by atoms with E-state index in [4.69, 9.17) is 9.26 Å². The zero-order valence-electron chi connectivity index (χ0n) is 11.6. The predicted octanol–water partition coefficient (Wildman–Crippen LogP) is 2.79. The second-order valence-corrected chi connectivity index (χ2v) is 4.51. The molecule has 106 valence electrons. The molecule has 6 heteroatoms. The van der Waals surface area contributed by atoms with Crippen molar-refractivity contribution >= 4 is 22.5 Å². The van der Waals surface area contributed by atoms with Crippen molar-refractivity contribution in [3.8, 4) is 5.88 Å². The molecule has 0 saturated heterocycles. The fraction of sp³-hybridized carbons (Fsp3) is 0.133. The Labute approximate surface area is 120 Å². The van der Waals surface area contributed by atoms with Crippen molar-refractivity contribution in [1.82, 2.24) is 10.1 Å². The number of aromatic nitrogens is 2. The maximum atomic E-state index is 12.2. The van der Waals surface area contributed by atoms with Crippen molar-refractivity contribution in [3.05, 3.63) is 47.9 Å². The summed E-state index contributed by atoms with van der Waals surface area (Å²) in [5.74, 6) is 1.02. The van der Waals surface area contributed by atoms with Gasteiger partial charge < -0.3 is 14.6 Å². The molecular formula is C15H13N3O3. The molecular weight excluding hydrogens is 270 g/mol. The molecule has 0 saturated carbocycles. The first-order chi connectivity index (χ1) is 10.2. The molecule has 21 heavy (non-hydrogen) atoms. The van der Waals surface area contributed by atoms with Gasteiger partial charge in [-0.15, -0.1) is 0 Å². The molecule has 1 aromatic carbocycles. The van der Waals surface area contributed by atoms with E-state index in [0.717, 1.165) is 10.8 Å². The molecule has 6 nitrogen and oxygen atoms in total. The van der Waals surface area contributed by atoms with Crippen molar-refractivity contribution < 1.29 is 14.1 Å². The fourth-order valence-electron chi connectivity index (χ4n) is 2.04. The lowest BCUT2D eigenvalue weighted by molar-refractivity contribution is 0.102. The summed E-state index contributed by atoms with van der Waals surface area (Å²) in [6, 6.07) is 10.9. The average Bonchev–Trinajstić information content (AvgIpc) is 2.91. The Morgan fingerprint density at radius 3 is 2.81 bits per heavy atom. The van der Waals surface area contributed by atoms with Crippen LogP contribution in [0.5, 0.6) is 5.88 Å². The molecule has 0 fully saturated rings. The van der Waals surface area contributed by atoms with Gasteiger partial charge in [0.25, 0.3) is 5.91 Å². The lowest BCUT2D eigenvalue weighted by Crippen LogP contribution is -2.14. The molecule has 0 atom stereocenters. The number of carbonyl (C=O) groups is 1. The number of hydrogen-bond acceptors (Lipinski definition) is 5. The molecule has 3 aromatic rings. The van der Waals surface area contributed by atoms with Gasteiger partial charge >= 0.3 is 0 Å². The molecule has 0 radical (unpaired) electrons. The van der Waals surface area contributed by atoms with E-state index in [0.29, 0.717) is 17.5 Å². The highest BCUT2D eigenvalue weighted by Crippen LogP contribution is 2.24. The maximum Gasteiger partial charge on any atom is 0.275 e. The number of aryl methyl sites for hydroxylation is 1. The van der Waals surface area contributed by atoms with E-state index in [1.807, 2.05) is 24.3 Å². The summed E-state index contributed by atoms with van der Waals surface area (Å²) in [4.78, 5) is 16.5. The first-order valence-corrected chi connectivity index (χ1v) is 6.36. The zero-order valence-corrected chi connectivity index (χ0v) is 11.6. The molecule has 0 spiro atoms. The molecule has 0 aliphatic heterocycles. The van der Waals surface area contributed by atoms with Crippen LogP contribution in [0.15, 0.2) is 40.9 Å². The lowest BCUT2D eigenvalue weighted by atomic mass is 10.1. The molecule has 0 bridgehead atoms. The quantitative estimate of drug-likeness (QED) is 0.799. The number of carbonyl (C=O) groups excluding carboxylic acids is 1. The van der Waals surface area contributed by atoms with Crippen LogP contribution in [0, 0.1) is 6.92 Å². The number of hydrogen-bond donors (Lipinski definition) is 1. The van der Waals surface area contributed by atoms with Gasteiger partial charge in [0.1, 0.15) is 11.5 Å². The van der Waals surface area contributed by atoms with Crippen LogP contribution in [0.2, 0.25) is 0 Å². The van der Waals surface area contributed by atoms with Crippen LogP contribution in [-0.2, 0) is 0 Å². The largest absolute Gasteiger partial charge is 0.481 e. The van der Waals surface area contributed by atoms with Gasteiger partial charge in [-0.1, -0.05) is 23.4 Å². The Bertz CT molecular complexity index is 811. The fourth-order valence-corrected chi connectivity index (χ4v) is 2.04. The number of fused-ring (bicyclic) bond motifs is 1. The van der Waals surface area contributed by atoms with Gasteiger partial charge in [0.05, 0.1) is 7.11 Å². The Kier molecular flexibility index (Phi) is 3.27. The van der Waals surface area contributed by atoms with Crippen molar-refractivity contribution in [1.29, 1.82) is 0 Å². The molecule has 0 aliphatic carbocycles. The highest BCUT2D eigenvalue weighted by molar-refractivity contribution is 6.05. The second-order valence-electron chi connectivity index (χ2n) is 4.51. The summed E-state index contributed by atoms with van der Waals surface area (Å²) < 4.78 is 10.2. The Morgan fingerprint density at radius 1 is 1.29 bits per heavy atom. The number of amides is 1. The van der Waals surface area contributed by atoms with Crippen LogP contribution in [0.25, 0.3) is 10.8 Å². The third-order valence-corrected chi connectivity index (χ3v) is 3.00. The van der Waals surface area contributed by atoms with E-state index < -0.39 is 0 Å². The summed E-state index contributed by atoms with van der Waals surface area (Å²) in [6.07, 6.45) is 0. The number of methoxy groups -OCH3 is 1. The van der Waals surface area contributed by atoms with Crippen LogP contribution >= 0.6 is 0 Å². The second kappa shape index (κ2) is 5.24. The smallest absolute Gasteiger partial charge is 0.275 e. The monoisotopic (exact) mass is 283 g/mol. The Hall–Kier alpha value is -2.89. The number of nitrogens with zero attached hydrogens (tertiary/aromatic N) is 2. The van der Waals surface area contributed by atoms with E-state index in [2.05, 4.69) is 15.5 Å². The van der Waals surface area contributed by atoms with Crippen LogP contribution in [0.3, 0.4) is 0 Å². The first kappa shape index (κ1) is 13.1. The summed E-state index contributed by atoms with van der Waals surface area (Å²) in [6.45, 7) is 1.75. The maximum absolute atomic E-state index is 12.2. The van der Waals surface area contributed by atoms with E-state index in [1.54, 1.807) is 19.1 Å². The van der Waals surface area contributed by atoms with Gasteiger partial charge in [0.15, 0.2) is 5.82 Å². The molecule has 1 N–H and O–H groups in total. The number of pyridine rings is 1. The Morgan fingerprint density at radius 2 is 2.10 bits per heavy atom. The molecule has 2 heterocycles. The molecule has 2 aromatic heterocycles. The average molecular weight is 283 g/mol. The molecule has 0 aliphatic rings. The number of anilines is 1. The number of rotatable bonds is 3. The molecule has 3 rings (SSSR count). The zero-order chi connectivity index (χ0) is 14.8. The van der Waals surface area contributed by atoms with Crippen LogP contribution in [0.1, 0.15) is 16.2 Å². The Balaban J connectivity index is 1.98. The third-order valence-electron chi connectivity index (χ3n) is 3.00. The minimum absolute atomic E-state index is 0.256. The lowest BCUT2D eigenvalue weighted by Gasteiger charge is -2.07. The summed E-state index contributed by atoms with van der Waals surface area (Å²) >= 11 is 0. The minimum Gasteiger partial charge on any atom is -0.481 e. The number of nitrogens with one attached hydrogen (secondary N) is 1. The van der Waals surface area contributed by atoms with E-state index >= 15 is 0 Å². The number of benzene rings is 1. The highest BCUT2D eigenvalue weighted by Gasteiger charge is 2.14. The van der Waals surface area contributed by atoms with Gasteiger partial charge in [-0.25, -0.2) is 4.98 Å². The summed E-state index contributed by atoms with van der Waals surface area (Å²) in [5, 5.41) is 8.09. The molecule has 1 amide bonds. The van der Waals surface area contributed by atoms with Crippen LogP contribution in [-0.4, -0.2) is 23.2 Å². The van der Waals surface area contributed by atoms with Gasteiger partial charge in [-0.2, -0.15) is 0 Å². The third kappa shape index (κ3) is 2.55. The van der Waals surface area contributed by atoms with Crippen molar-refractivity contribution in [2.45, 2.75) is 6.92 Å². The summed E-state index contributed by atoms with van der Waals surface area (Å²) in [5.41, 5.74) is 0.256. The van der Waals surface area contributed by atoms with Gasteiger partial charge in [0.2, 0.25) is 5.88 Å².